The average Bonchev–Trinajstić information content (AvgIpc) is 3.07. The van der Waals surface area contributed by atoms with Crippen molar-refractivity contribution in [1.29, 1.82) is 0 Å². The number of rotatable bonds is 9. The number of nitrogens with zero attached hydrogens (tertiary/aromatic N) is 2. The quantitative estimate of drug-likeness (QED) is 0.668. The van der Waals surface area contributed by atoms with Crippen molar-refractivity contribution >= 4 is 5.91 Å². The van der Waals surface area contributed by atoms with Crippen molar-refractivity contribution in [2.45, 2.75) is 26.7 Å². The maximum absolute atomic E-state index is 12.1. The smallest absolute Gasteiger partial charge is 0.236 e. The molecule has 0 aromatic carbocycles. The van der Waals surface area contributed by atoms with Gasteiger partial charge in [0.25, 0.3) is 0 Å². The predicted octanol–water partition coefficient (Wildman–Crippen LogP) is 1.03. The fourth-order valence-electron chi connectivity index (χ4n) is 1.90. The molecule has 0 aromatic rings. The number of nitrogens with one attached hydrogen (secondary N) is 1. The maximum atomic E-state index is 12.1. The highest BCUT2D eigenvalue weighted by molar-refractivity contribution is 5.78. The van der Waals surface area contributed by atoms with Gasteiger partial charge in [0.15, 0.2) is 0 Å². The SMILES string of the molecule is CC(C)CN(CCN(C)C)C(=O)CNCC1CC1. The molecule has 0 aliphatic heterocycles. The van der Waals surface area contributed by atoms with Gasteiger partial charge in [-0.25, -0.2) is 0 Å². The molecule has 106 valence electrons. The molecule has 1 rings (SSSR count). The molecule has 0 bridgehead atoms. The third kappa shape index (κ3) is 6.97. The summed E-state index contributed by atoms with van der Waals surface area (Å²) in [6, 6.07) is 0. The average molecular weight is 255 g/mol. The van der Waals surface area contributed by atoms with E-state index >= 15 is 0 Å². The van der Waals surface area contributed by atoms with Gasteiger partial charge in [-0.2, -0.15) is 0 Å². The highest BCUT2D eigenvalue weighted by Crippen LogP contribution is 2.27. The minimum atomic E-state index is 0.242. The summed E-state index contributed by atoms with van der Waals surface area (Å²) in [7, 11) is 4.09. The molecule has 4 nitrogen and oxygen atoms in total. The van der Waals surface area contributed by atoms with Gasteiger partial charge in [0.05, 0.1) is 6.54 Å². The third-order valence-corrected chi connectivity index (χ3v) is 3.16. The Morgan fingerprint density at radius 3 is 2.44 bits per heavy atom. The first-order chi connectivity index (χ1) is 8.49. The van der Waals surface area contributed by atoms with Crippen LogP contribution in [0.5, 0.6) is 0 Å². The van der Waals surface area contributed by atoms with Crippen molar-refractivity contribution in [1.82, 2.24) is 15.1 Å². The Balaban J connectivity index is 2.27. The molecular formula is C14H29N3O. The van der Waals surface area contributed by atoms with Crippen LogP contribution in [-0.4, -0.2) is 62.5 Å². The van der Waals surface area contributed by atoms with Gasteiger partial charge in [0, 0.05) is 19.6 Å². The second-order valence-corrected chi connectivity index (χ2v) is 6.11. The van der Waals surface area contributed by atoms with Crippen LogP contribution in [0.3, 0.4) is 0 Å². The molecule has 0 unspecified atom stereocenters. The van der Waals surface area contributed by atoms with Crippen LogP contribution in [0.4, 0.5) is 0 Å². The second-order valence-electron chi connectivity index (χ2n) is 6.11. The number of hydrogen-bond acceptors (Lipinski definition) is 3. The van der Waals surface area contributed by atoms with Crippen LogP contribution in [0.15, 0.2) is 0 Å². The highest BCUT2D eigenvalue weighted by Gasteiger charge is 2.21. The van der Waals surface area contributed by atoms with Gasteiger partial charge in [-0.15, -0.1) is 0 Å². The zero-order chi connectivity index (χ0) is 13.5. The minimum absolute atomic E-state index is 0.242. The van der Waals surface area contributed by atoms with Gasteiger partial charge in [-0.1, -0.05) is 13.8 Å². The van der Waals surface area contributed by atoms with Gasteiger partial charge < -0.3 is 15.1 Å². The molecule has 1 fully saturated rings. The lowest BCUT2D eigenvalue weighted by atomic mass is 10.2. The topological polar surface area (TPSA) is 35.6 Å². The van der Waals surface area contributed by atoms with Crippen molar-refractivity contribution in [3.05, 3.63) is 0 Å². The first-order valence-electron chi connectivity index (χ1n) is 7.12. The lowest BCUT2D eigenvalue weighted by molar-refractivity contribution is -0.130. The van der Waals surface area contributed by atoms with Gasteiger partial charge >= 0.3 is 0 Å². The molecule has 1 aliphatic carbocycles. The van der Waals surface area contributed by atoms with Crippen LogP contribution in [0.2, 0.25) is 0 Å². The molecule has 0 aromatic heterocycles. The van der Waals surface area contributed by atoms with Crippen molar-refractivity contribution in [2.24, 2.45) is 11.8 Å². The number of likely N-dealkylation sites (N-methyl/N-ethyl adjacent to an activating group) is 1. The molecule has 0 spiro atoms. The molecular weight excluding hydrogens is 226 g/mol. The van der Waals surface area contributed by atoms with E-state index in [9.17, 15) is 4.79 Å². The molecule has 1 saturated carbocycles. The van der Waals surface area contributed by atoms with Gasteiger partial charge in [0.2, 0.25) is 5.91 Å². The van der Waals surface area contributed by atoms with Crippen molar-refractivity contribution in [3.63, 3.8) is 0 Å². The van der Waals surface area contributed by atoms with Crippen molar-refractivity contribution < 1.29 is 4.79 Å². The third-order valence-electron chi connectivity index (χ3n) is 3.16. The Kier molecular flexibility index (Phi) is 6.65. The Bertz CT molecular complexity index is 249. The molecule has 0 saturated heterocycles. The van der Waals surface area contributed by atoms with Gasteiger partial charge in [-0.05, 0) is 45.3 Å². The summed E-state index contributed by atoms with van der Waals surface area (Å²) in [5, 5.41) is 3.28. The molecule has 0 radical (unpaired) electrons. The van der Waals surface area contributed by atoms with E-state index in [1.165, 1.54) is 12.8 Å². The van der Waals surface area contributed by atoms with E-state index in [0.29, 0.717) is 12.5 Å². The van der Waals surface area contributed by atoms with E-state index in [1.807, 2.05) is 19.0 Å². The van der Waals surface area contributed by atoms with Crippen LogP contribution in [0.25, 0.3) is 0 Å². The van der Waals surface area contributed by atoms with E-state index in [-0.39, 0.29) is 5.91 Å². The van der Waals surface area contributed by atoms with Crippen LogP contribution in [0.1, 0.15) is 26.7 Å². The number of hydrogen-bond donors (Lipinski definition) is 1. The first kappa shape index (κ1) is 15.4. The first-order valence-corrected chi connectivity index (χ1v) is 7.12. The Labute approximate surface area is 112 Å². The molecule has 1 amide bonds. The normalized spacial score (nSPS) is 15.4. The molecule has 4 heteroatoms. The molecule has 1 aliphatic rings. The maximum Gasteiger partial charge on any atom is 0.236 e. The van der Waals surface area contributed by atoms with E-state index < -0.39 is 0 Å². The molecule has 0 heterocycles. The number of amides is 1. The standard InChI is InChI=1S/C14H29N3O/c1-12(2)11-17(8-7-16(3)4)14(18)10-15-9-13-5-6-13/h12-13,15H,5-11H2,1-4H3. The fourth-order valence-corrected chi connectivity index (χ4v) is 1.90. The minimum Gasteiger partial charge on any atom is -0.340 e. The molecule has 18 heavy (non-hydrogen) atoms. The van der Waals surface area contributed by atoms with Gasteiger partial charge in [0.1, 0.15) is 0 Å². The van der Waals surface area contributed by atoms with E-state index in [2.05, 4.69) is 24.1 Å². The Morgan fingerprint density at radius 2 is 1.94 bits per heavy atom. The summed E-state index contributed by atoms with van der Waals surface area (Å²) in [5.74, 6) is 1.60. The summed E-state index contributed by atoms with van der Waals surface area (Å²) < 4.78 is 0. The highest BCUT2D eigenvalue weighted by atomic mass is 16.2. The van der Waals surface area contributed by atoms with E-state index in [0.717, 1.165) is 32.1 Å². The monoisotopic (exact) mass is 255 g/mol. The lowest BCUT2D eigenvalue weighted by Gasteiger charge is -2.26. The second kappa shape index (κ2) is 7.74. The summed E-state index contributed by atoms with van der Waals surface area (Å²) in [6.07, 6.45) is 2.66. The Hall–Kier alpha value is -0.610. The molecule has 1 N–H and O–H groups in total. The van der Waals surface area contributed by atoms with Crippen LogP contribution >= 0.6 is 0 Å². The van der Waals surface area contributed by atoms with Crippen LogP contribution in [0, 0.1) is 11.8 Å². The largest absolute Gasteiger partial charge is 0.340 e. The van der Waals surface area contributed by atoms with Crippen LogP contribution in [-0.2, 0) is 4.79 Å². The molecule has 0 atom stereocenters. The van der Waals surface area contributed by atoms with Crippen LogP contribution < -0.4 is 5.32 Å². The number of carbonyl (C=O) groups excluding carboxylic acids is 1. The van der Waals surface area contributed by atoms with E-state index in [4.69, 9.17) is 0 Å². The number of carbonyl (C=O) groups is 1. The Morgan fingerprint density at radius 1 is 1.28 bits per heavy atom. The van der Waals surface area contributed by atoms with Crippen molar-refractivity contribution in [3.8, 4) is 0 Å². The summed E-state index contributed by atoms with van der Waals surface area (Å²) in [5.41, 5.74) is 0. The summed E-state index contributed by atoms with van der Waals surface area (Å²) in [6.45, 7) is 8.45. The summed E-state index contributed by atoms with van der Waals surface area (Å²) >= 11 is 0. The predicted molar refractivity (Wildman–Crippen MR) is 75.6 cm³/mol. The summed E-state index contributed by atoms with van der Waals surface area (Å²) in [4.78, 5) is 16.3. The van der Waals surface area contributed by atoms with Gasteiger partial charge in [-0.3, -0.25) is 4.79 Å². The zero-order valence-electron chi connectivity index (χ0n) is 12.4. The van der Waals surface area contributed by atoms with E-state index in [1.54, 1.807) is 0 Å². The van der Waals surface area contributed by atoms with Crippen molar-refractivity contribution in [2.75, 3.05) is 46.8 Å². The lowest BCUT2D eigenvalue weighted by Crippen LogP contribution is -2.43. The zero-order valence-corrected chi connectivity index (χ0v) is 12.4. The fraction of sp³-hybridized carbons (Fsp3) is 0.929.